The minimum Gasteiger partial charge on any atom is -0.398 e. The molecular weight excluding hydrogens is 282 g/mol. The highest BCUT2D eigenvalue weighted by Gasteiger charge is 2.53. The highest BCUT2D eigenvalue weighted by Crippen LogP contribution is 2.47. The van der Waals surface area contributed by atoms with Crippen LogP contribution in [-0.2, 0) is 14.0 Å². The second-order valence-corrected chi connectivity index (χ2v) is 8.15. The fraction of sp³-hybridized carbons (Fsp3) is 0.882. The summed E-state index contributed by atoms with van der Waals surface area (Å²) in [7, 11) is -0.830. The lowest BCUT2D eigenvalue weighted by Gasteiger charge is -2.41. The summed E-state index contributed by atoms with van der Waals surface area (Å²) < 4.78 is 32.0. The number of halogens is 1. The first-order valence-corrected chi connectivity index (χ1v) is 8.56. The molecule has 3 nitrogen and oxygen atoms in total. The van der Waals surface area contributed by atoms with Crippen molar-refractivity contribution < 1.29 is 18.4 Å². The standard InChI is InChI=1S/C17H28BFO3/c1-15(2)16(3,4)22-18(21-15)14(19)13-5-7-17(8-6-13)9-11-20-12-10-17/h5-12H2,1-4H3. The fourth-order valence-corrected chi connectivity index (χ4v) is 3.74. The molecule has 3 fully saturated rings. The third-order valence-corrected chi connectivity index (χ3v) is 6.27. The Kier molecular flexibility index (Phi) is 4.20. The van der Waals surface area contributed by atoms with Crippen LogP contribution in [0.3, 0.4) is 0 Å². The van der Waals surface area contributed by atoms with Gasteiger partial charge < -0.3 is 14.0 Å². The van der Waals surface area contributed by atoms with Gasteiger partial charge in [-0.1, -0.05) is 0 Å². The van der Waals surface area contributed by atoms with Gasteiger partial charge in [-0.25, -0.2) is 4.39 Å². The summed E-state index contributed by atoms with van der Waals surface area (Å²) in [6.07, 6.45) is 6.04. The molecule has 1 spiro atoms. The van der Waals surface area contributed by atoms with Crippen LogP contribution >= 0.6 is 0 Å². The summed E-state index contributed by atoms with van der Waals surface area (Å²) in [5, 5.41) is 0. The molecule has 3 aliphatic rings. The zero-order chi connectivity index (χ0) is 16.0. The molecule has 0 aromatic carbocycles. The maximum absolute atomic E-state index is 14.8. The van der Waals surface area contributed by atoms with Crippen molar-refractivity contribution in [3.8, 4) is 0 Å². The molecule has 0 atom stereocenters. The van der Waals surface area contributed by atoms with Crippen molar-refractivity contribution in [3.05, 3.63) is 11.3 Å². The van der Waals surface area contributed by atoms with Crippen LogP contribution in [0.25, 0.3) is 0 Å². The van der Waals surface area contributed by atoms with E-state index in [1.165, 1.54) is 0 Å². The lowest BCUT2D eigenvalue weighted by atomic mass is 9.66. The highest BCUT2D eigenvalue weighted by molar-refractivity contribution is 6.53. The van der Waals surface area contributed by atoms with Crippen LogP contribution in [-0.4, -0.2) is 31.5 Å². The van der Waals surface area contributed by atoms with Crippen molar-refractivity contribution in [2.24, 2.45) is 5.41 Å². The molecular formula is C17H28BFO3. The lowest BCUT2D eigenvalue weighted by molar-refractivity contribution is 0.000499. The van der Waals surface area contributed by atoms with Crippen molar-refractivity contribution in [2.45, 2.75) is 77.4 Å². The van der Waals surface area contributed by atoms with Crippen LogP contribution in [0.4, 0.5) is 4.39 Å². The maximum Gasteiger partial charge on any atom is 0.525 e. The summed E-state index contributed by atoms with van der Waals surface area (Å²) in [5.41, 5.74) is 0.146. The smallest absolute Gasteiger partial charge is 0.398 e. The maximum atomic E-state index is 14.8. The third kappa shape index (κ3) is 2.88. The van der Waals surface area contributed by atoms with Gasteiger partial charge in [0.05, 0.1) is 11.2 Å². The largest absolute Gasteiger partial charge is 0.525 e. The summed E-state index contributed by atoms with van der Waals surface area (Å²) in [4.78, 5) is 0. The van der Waals surface area contributed by atoms with Crippen molar-refractivity contribution in [2.75, 3.05) is 13.2 Å². The van der Waals surface area contributed by atoms with E-state index in [-0.39, 0.29) is 5.73 Å². The molecule has 0 bridgehead atoms. The minimum atomic E-state index is -0.830. The Balaban J connectivity index is 1.68. The van der Waals surface area contributed by atoms with Gasteiger partial charge in [-0.15, -0.1) is 0 Å². The zero-order valence-corrected chi connectivity index (χ0v) is 14.3. The van der Waals surface area contributed by atoms with Gasteiger partial charge in [-0.3, -0.25) is 0 Å². The average Bonchev–Trinajstić information content (AvgIpc) is 2.68. The monoisotopic (exact) mass is 310 g/mol. The van der Waals surface area contributed by atoms with Crippen molar-refractivity contribution >= 4 is 7.12 Å². The van der Waals surface area contributed by atoms with Crippen LogP contribution in [0.5, 0.6) is 0 Å². The Bertz CT molecular complexity index is 439. The SMILES string of the molecule is CC1(C)OB(C(F)=C2CCC3(CCOCC3)CC2)OC1(C)C. The molecule has 0 N–H and O–H groups in total. The van der Waals surface area contributed by atoms with E-state index >= 15 is 0 Å². The number of hydrogen-bond donors (Lipinski definition) is 0. The molecule has 22 heavy (non-hydrogen) atoms. The normalized spacial score (nSPS) is 29.9. The Labute approximate surface area is 133 Å². The number of allylic oxidation sites excluding steroid dienone is 1. The molecule has 5 heteroatoms. The molecule has 124 valence electrons. The predicted octanol–water partition coefficient (Wildman–Crippen LogP) is 4.21. The van der Waals surface area contributed by atoms with E-state index in [2.05, 4.69) is 0 Å². The summed E-state index contributed by atoms with van der Waals surface area (Å²) in [6.45, 7) is 9.56. The van der Waals surface area contributed by atoms with Gasteiger partial charge in [-0.2, -0.15) is 0 Å². The van der Waals surface area contributed by atoms with Gasteiger partial charge in [0.15, 0.2) is 0 Å². The Morgan fingerprint density at radius 2 is 1.41 bits per heavy atom. The fourth-order valence-electron chi connectivity index (χ4n) is 3.74. The molecule has 0 amide bonds. The van der Waals surface area contributed by atoms with E-state index in [0.717, 1.165) is 57.3 Å². The first kappa shape index (κ1) is 16.5. The van der Waals surface area contributed by atoms with Gasteiger partial charge >= 0.3 is 7.12 Å². The zero-order valence-electron chi connectivity index (χ0n) is 14.3. The summed E-state index contributed by atoms with van der Waals surface area (Å²) in [5.74, 6) is 0. The van der Waals surface area contributed by atoms with E-state index < -0.39 is 18.3 Å². The molecule has 0 radical (unpaired) electrons. The highest BCUT2D eigenvalue weighted by atomic mass is 19.1. The Hall–Kier alpha value is -0.385. The Morgan fingerprint density at radius 3 is 1.91 bits per heavy atom. The molecule has 1 saturated carbocycles. The van der Waals surface area contributed by atoms with E-state index in [9.17, 15) is 4.39 Å². The number of rotatable bonds is 1. The second kappa shape index (κ2) is 5.61. The molecule has 0 aromatic rings. The minimum absolute atomic E-state index is 0.180. The average molecular weight is 310 g/mol. The van der Waals surface area contributed by atoms with E-state index in [4.69, 9.17) is 14.0 Å². The van der Waals surface area contributed by atoms with Crippen LogP contribution in [0.1, 0.15) is 66.2 Å². The molecule has 2 aliphatic heterocycles. The van der Waals surface area contributed by atoms with Gasteiger partial charge in [0, 0.05) is 13.2 Å². The summed E-state index contributed by atoms with van der Waals surface area (Å²) >= 11 is 0. The van der Waals surface area contributed by atoms with Crippen LogP contribution < -0.4 is 0 Å². The van der Waals surface area contributed by atoms with Gasteiger partial charge in [0.25, 0.3) is 0 Å². The summed E-state index contributed by atoms with van der Waals surface area (Å²) in [6, 6.07) is 0. The van der Waals surface area contributed by atoms with Gasteiger partial charge in [-0.05, 0) is 77.2 Å². The number of ether oxygens (including phenoxy) is 1. The predicted molar refractivity (Wildman–Crippen MR) is 85.2 cm³/mol. The van der Waals surface area contributed by atoms with Crippen LogP contribution in [0.15, 0.2) is 11.3 Å². The first-order valence-electron chi connectivity index (χ1n) is 8.56. The quantitative estimate of drug-likeness (QED) is 0.679. The molecule has 2 heterocycles. The van der Waals surface area contributed by atoms with Crippen molar-refractivity contribution in [3.63, 3.8) is 0 Å². The van der Waals surface area contributed by atoms with E-state index in [1.54, 1.807) is 0 Å². The van der Waals surface area contributed by atoms with Crippen LogP contribution in [0, 0.1) is 5.41 Å². The number of hydrogen-bond acceptors (Lipinski definition) is 3. The molecule has 0 aromatic heterocycles. The van der Waals surface area contributed by atoms with E-state index in [0.29, 0.717) is 5.41 Å². The molecule has 1 aliphatic carbocycles. The third-order valence-electron chi connectivity index (χ3n) is 6.27. The van der Waals surface area contributed by atoms with Crippen molar-refractivity contribution in [1.82, 2.24) is 0 Å². The van der Waals surface area contributed by atoms with Crippen LogP contribution in [0.2, 0.25) is 0 Å². The topological polar surface area (TPSA) is 27.7 Å². The molecule has 3 rings (SSSR count). The molecule has 2 saturated heterocycles. The van der Waals surface area contributed by atoms with Gasteiger partial charge in [0.2, 0.25) is 0 Å². The first-order chi connectivity index (χ1) is 10.2. The van der Waals surface area contributed by atoms with Gasteiger partial charge in [0.1, 0.15) is 5.73 Å². The lowest BCUT2D eigenvalue weighted by Crippen LogP contribution is -2.41. The van der Waals surface area contributed by atoms with E-state index in [1.807, 2.05) is 27.7 Å². The molecule has 0 unspecified atom stereocenters. The van der Waals surface area contributed by atoms with Crippen molar-refractivity contribution in [1.29, 1.82) is 0 Å². The Morgan fingerprint density at radius 1 is 0.909 bits per heavy atom. The second-order valence-electron chi connectivity index (χ2n) is 8.15.